The molecule has 0 radical (unpaired) electrons. The Morgan fingerprint density at radius 3 is 0.951 bits per heavy atom. The summed E-state index contributed by atoms with van der Waals surface area (Å²) in [6, 6.07) is 79.2. The Morgan fingerprint density at radius 1 is 0.344 bits per heavy atom. The predicted molar refractivity (Wildman–Crippen MR) is 247 cm³/mol. The molecule has 2 heterocycles. The highest BCUT2D eigenvalue weighted by atomic mass is 16.5. The van der Waals surface area contributed by atoms with E-state index in [4.69, 9.17) is 19.5 Å². The van der Waals surface area contributed by atoms with E-state index in [1.165, 1.54) is 11.1 Å². The van der Waals surface area contributed by atoms with Gasteiger partial charge in [-0.1, -0.05) is 206 Å². The maximum atomic E-state index is 7.36. The van der Waals surface area contributed by atoms with E-state index in [0.717, 1.165) is 44.8 Å². The second kappa shape index (κ2) is 16.6. The van der Waals surface area contributed by atoms with Crippen molar-refractivity contribution in [3.05, 3.63) is 275 Å². The molecule has 0 aliphatic carbocycles. The Labute approximate surface area is 357 Å². The van der Waals surface area contributed by atoms with E-state index in [9.17, 15) is 0 Å². The van der Waals surface area contributed by atoms with Gasteiger partial charge in [-0.3, -0.25) is 0 Å². The third-order valence-electron chi connectivity index (χ3n) is 11.9. The van der Waals surface area contributed by atoms with Gasteiger partial charge in [-0.15, -0.1) is 0 Å². The lowest BCUT2D eigenvalue weighted by molar-refractivity contribution is 0.0978. The van der Waals surface area contributed by atoms with Crippen LogP contribution < -0.4 is 5.32 Å². The first-order chi connectivity index (χ1) is 30.2. The van der Waals surface area contributed by atoms with Crippen LogP contribution in [0.2, 0.25) is 0 Å². The summed E-state index contributed by atoms with van der Waals surface area (Å²) < 4.78 is 14.7. The minimum absolute atomic E-state index is 0.248. The van der Waals surface area contributed by atoms with E-state index in [-0.39, 0.29) is 12.1 Å². The predicted octanol–water partition coefficient (Wildman–Crippen LogP) is 12.1. The van der Waals surface area contributed by atoms with Gasteiger partial charge in [0.05, 0.1) is 22.5 Å². The lowest BCUT2D eigenvalue weighted by Crippen LogP contribution is -2.40. The summed E-state index contributed by atoms with van der Waals surface area (Å²) >= 11 is 0. The molecule has 61 heavy (non-hydrogen) atoms. The van der Waals surface area contributed by atoms with Gasteiger partial charge in [-0.05, 0) is 48.2 Å². The highest BCUT2D eigenvalue weighted by Gasteiger charge is 2.51. The van der Waals surface area contributed by atoms with Crippen molar-refractivity contribution in [2.45, 2.75) is 36.1 Å². The topological polar surface area (TPSA) is 55.2 Å². The summed E-state index contributed by atoms with van der Waals surface area (Å²) in [6.45, 7) is 0. The Morgan fingerprint density at radius 2 is 0.623 bits per heavy atom. The van der Waals surface area contributed by atoms with Crippen LogP contribution in [0.25, 0.3) is 0 Å². The van der Waals surface area contributed by atoms with Gasteiger partial charge in [0, 0.05) is 22.3 Å². The second-order valence-corrected chi connectivity index (χ2v) is 15.6. The normalized spacial score (nSPS) is 17.4. The Kier molecular flexibility index (Phi) is 10.3. The number of para-hydroxylation sites is 2. The van der Waals surface area contributed by atoms with Crippen molar-refractivity contribution in [1.29, 1.82) is 0 Å². The van der Waals surface area contributed by atoms with Gasteiger partial charge in [0.15, 0.2) is 11.2 Å². The van der Waals surface area contributed by atoms with Crippen molar-refractivity contribution < 1.29 is 9.47 Å². The van der Waals surface area contributed by atoms with Gasteiger partial charge in [0.2, 0.25) is 11.8 Å². The van der Waals surface area contributed by atoms with E-state index in [1.807, 2.05) is 48.5 Å². The van der Waals surface area contributed by atoms with E-state index in [0.29, 0.717) is 24.6 Å². The number of anilines is 2. The van der Waals surface area contributed by atoms with Crippen molar-refractivity contribution in [3.8, 4) is 0 Å². The van der Waals surface area contributed by atoms with E-state index in [2.05, 4.69) is 187 Å². The molecule has 0 amide bonds. The van der Waals surface area contributed by atoms with Crippen molar-refractivity contribution in [3.63, 3.8) is 0 Å². The number of aliphatic imine (C=N–C) groups is 2. The molecule has 5 nitrogen and oxygen atoms in total. The molecular formula is C56H45N3O2. The van der Waals surface area contributed by atoms with E-state index >= 15 is 0 Å². The van der Waals surface area contributed by atoms with Crippen molar-refractivity contribution in [1.82, 2.24) is 0 Å². The average Bonchev–Trinajstić information content (AvgIpc) is 3.91. The largest absolute Gasteiger partial charge is 0.459 e. The molecule has 1 N–H and O–H groups in total. The smallest absolute Gasteiger partial charge is 0.220 e. The number of hydrogen-bond acceptors (Lipinski definition) is 5. The molecule has 0 fully saturated rings. The van der Waals surface area contributed by atoms with Crippen LogP contribution in [0.3, 0.4) is 0 Å². The molecule has 2 aliphatic rings. The maximum Gasteiger partial charge on any atom is 0.220 e. The molecule has 296 valence electrons. The third-order valence-corrected chi connectivity index (χ3v) is 11.9. The van der Waals surface area contributed by atoms with E-state index in [1.54, 1.807) is 0 Å². The van der Waals surface area contributed by atoms with Crippen molar-refractivity contribution in [2.75, 3.05) is 5.32 Å². The first-order valence-corrected chi connectivity index (χ1v) is 21.0. The highest BCUT2D eigenvalue weighted by Crippen LogP contribution is 2.47. The average molecular weight is 792 g/mol. The van der Waals surface area contributed by atoms with Gasteiger partial charge < -0.3 is 14.8 Å². The van der Waals surface area contributed by atoms with Crippen LogP contribution in [0.4, 0.5) is 11.4 Å². The summed E-state index contributed by atoms with van der Waals surface area (Å²) in [5.74, 6) is 1.16. The molecule has 0 saturated heterocycles. The van der Waals surface area contributed by atoms with Crippen LogP contribution in [0.5, 0.6) is 0 Å². The number of nitrogens with zero attached hydrogens (tertiary/aromatic N) is 2. The molecule has 0 saturated carbocycles. The fraction of sp³-hybridized carbons (Fsp3) is 0.107. The Hall–Kier alpha value is -7.50. The molecule has 2 atom stereocenters. The first kappa shape index (κ1) is 37.7. The zero-order valence-electron chi connectivity index (χ0n) is 33.7. The first-order valence-electron chi connectivity index (χ1n) is 21.0. The number of hydrogen-bond donors (Lipinski definition) is 1. The number of rotatable bonds is 12. The van der Waals surface area contributed by atoms with Gasteiger partial charge >= 0.3 is 0 Å². The molecule has 0 aromatic heterocycles. The molecule has 0 unspecified atom stereocenters. The fourth-order valence-corrected chi connectivity index (χ4v) is 9.05. The summed E-state index contributed by atoms with van der Waals surface area (Å²) in [5.41, 5.74) is 8.33. The molecule has 0 spiro atoms. The zero-order valence-corrected chi connectivity index (χ0v) is 33.7. The lowest BCUT2D eigenvalue weighted by atomic mass is 9.78. The molecule has 8 aromatic rings. The SMILES string of the molecule is c1ccc(C[C@@H]2N=C(c3ccccc3Nc3ccccc3C3=N[C@@H](Cc4ccccc4)C(c4ccccc4)(c4ccccc4)O3)OC2(c2ccccc2)c2ccccc2)cc1. The monoisotopic (exact) mass is 791 g/mol. The number of nitrogens with one attached hydrogen (secondary N) is 1. The molecule has 5 heteroatoms. The summed E-state index contributed by atoms with van der Waals surface area (Å²) in [6.07, 6.45) is 1.39. The van der Waals surface area contributed by atoms with Crippen LogP contribution in [-0.4, -0.2) is 23.9 Å². The molecule has 0 bridgehead atoms. The number of benzene rings is 8. The molecular weight excluding hydrogens is 747 g/mol. The standard InChI is InChI=1S/C56H45N3O2/c1-7-23-41(24-8-1)39-51-55(43-27-11-3-12-28-43,44-29-13-4-14-30-44)60-53(58-51)47-35-19-21-37-49(47)57-50-38-22-20-36-48(50)54-59-52(40-42-25-9-2-10-26-42)56(61-54,45-31-15-5-16-32-45)46-33-17-6-18-34-46/h1-38,51-52,57H,39-40H2/t51-,52-/m0/s1. The van der Waals surface area contributed by atoms with Crippen molar-refractivity contribution in [2.24, 2.45) is 9.98 Å². The summed E-state index contributed by atoms with van der Waals surface area (Å²) in [5, 5.41) is 3.82. The maximum absolute atomic E-state index is 7.36. The molecule has 2 aliphatic heterocycles. The third kappa shape index (κ3) is 7.19. The lowest BCUT2D eigenvalue weighted by Gasteiger charge is -2.35. The molecule has 8 aromatic carbocycles. The van der Waals surface area contributed by atoms with Crippen LogP contribution in [-0.2, 0) is 33.5 Å². The molecule has 10 rings (SSSR count). The van der Waals surface area contributed by atoms with Gasteiger partial charge in [-0.25, -0.2) is 9.98 Å². The van der Waals surface area contributed by atoms with Gasteiger partial charge in [0.1, 0.15) is 12.1 Å². The second-order valence-electron chi connectivity index (χ2n) is 15.6. The highest BCUT2D eigenvalue weighted by molar-refractivity contribution is 6.05. The minimum Gasteiger partial charge on any atom is -0.459 e. The van der Waals surface area contributed by atoms with Crippen molar-refractivity contribution >= 4 is 23.2 Å². The Bertz CT molecular complexity index is 2500. The quantitative estimate of drug-likeness (QED) is 0.134. The summed E-state index contributed by atoms with van der Waals surface area (Å²) in [7, 11) is 0. The summed E-state index contributed by atoms with van der Waals surface area (Å²) in [4.78, 5) is 11.0. The van der Waals surface area contributed by atoms with Crippen LogP contribution >= 0.6 is 0 Å². The van der Waals surface area contributed by atoms with E-state index < -0.39 is 11.2 Å². The van der Waals surface area contributed by atoms with Gasteiger partial charge in [0.25, 0.3) is 0 Å². The number of ether oxygens (including phenoxy) is 2. The van der Waals surface area contributed by atoms with Crippen LogP contribution in [0.1, 0.15) is 44.5 Å². The van der Waals surface area contributed by atoms with Gasteiger partial charge in [-0.2, -0.15) is 0 Å². The zero-order chi connectivity index (χ0) is 40.9. The minimum atomic E-state index is -0.864. The van der Waals surface area contributed by atoms with Crippen LogP contribution in [0.15, 0.2) is 241 Å². The fourth-order valence-electron chi connectivity index (χ4n) is 9.05. The van der Waals surface area contributed by atoms with Crippen LogP contribution in [0, 0.1) is 0 Å². The Balaban J connectivity index is 1.06.